The summed E-state index contributed by atoms with van der Waals surface area (Å²) in [6, 6.07) is 12.3. The monoisotopic (exact) mass is 366 g/mol. The van der Waals surface area contributed by atoms with Gasteiger partial charge in [0.2, 0.25) is 5.91 Å². The van der Waals surface area contributed by atoms with Gasteiger partial charge in [-0.15, -0.1) is 0 Å². The van der Waals surface area contributed by atoms with Gasteiger partial charge in [-0.3, -0.25) is 4.79 Å². The summed E-state index contributed by atoms with van der Waals surface area (Å²) < 4.78 is 1.94. The molecule has 1 spiro atoms. The predicted molar refractivity (Wildman–Crippen MR) is 108 cm³/mol. The summed E-state index contributed by atoms with van der Waals surface area (Å²) in [6.07, 6.45) is 3.25. The number of piperidine rings is 1. The second-order valence-electron chi connectivity index (χ2n) is 9.17. The van der Waals surface area contributed by atoms with Gasteiger partial charge in [0.05, 0.1) is 12.2 Å². The van der Waals surface area contributed by atoms with Crippen LogP contribution >= 0.6 is 0 Å². The van der Waals surface area contributed by atoms with Gasteiger partial charge >= 0.3 is 0 Å². The van der Waals surface area contributed by atoms with E-state index in [4.69, 9.17) is 5.10 Å². The molecular formula is C22H30N4O. The highest BCUT2D eigenvalue weighted by atomic mass is 16.2. The Morgan fingerprint density at radius 3 is 2.63 bits per heavy atom. The van der Waals surface area contributed by atoms with Crippen molar-refractivity contribution in [1.82, 2.24) is 15.1 Å². The van der Waals surface area contributed by atoms with Crippen molar-refractivity contribution in [2.45, 2.75) is 52.0 Å². The molecule has 0 bridgehead atoms. The predicted octanol–water partition coefficient (Wildman–Crippen LogP) is 3.56. The molecule has 5 nitrogen and oxygen atoms in total. The number of rotatable bonds is 4. The average molecular weight is 367 g/mol. The number of anilines is 1. The van der Waals surface area contributed by atoms with Gasteiger partial charge in [-0.2, -0.15) is 5.10 Å². The summed E-state index contributed by atoms with van der Waals surface area (Å²) in [4.78, 5) is 12.9. The molecular weight excluding hydrogens is 336 g/mol. The highest BCUT2D eigenvalue weighted by Crippen LogP contribution is 2.58. The van der Waals surface area contributed by atoms with Gasteiger partial charge in [0, 0.05) is 17.4 Å². The summed E-state index contributed by atoms with van der Waals surface area (Å²) in [6.45, 7) is 9.18. The number of hydrogen-bond donors (Lipinski definition) is 2. The lowest BCUT2D eigenvalue weighted by Gasteiger charge is -2.23. The Morgan fingerprint density at radius 2 is 1.96 bits per heavy atom. The van der Waals surface area contributed by atoms with Crippen LogP contribution in [0.2, 0.25) is 0 Å². The van der Waals surface area contributed by atoms with Crippen LogP contribution in [0, 0.1) is 11.3 Å². The van der Waals surface area contributed by atoms with E-state index in [-0.39, 0.29) is 22.7 Å². The molecule has 1 atom stereocenters. The molecule has 2 fully saturated rings. The van der Waals surface area contributed by atoms with Crippen molar-refractivity contribution in [3.05, 3.63) is 47.7 Å². The fourth-order valence-electron chi connectivity index (χ4n) is 4.17. The number of aromatic nitrogens is 2. The van der Waals surface area contributed by atoms with Gasteiger partial charge in [-0.05, 0) is 43.3 Å². The van der Waals surface area contributed by atoms with Gasteiger partial charge in [0.25, 0.3) is 0 Å². The number of carbonyl (C=O) groups is 1. The van der Waals surface area contributed by atoms with Crippen molar-refractivity contribution >= 4 is 11.7 Å². The maximum atomic E-state index is 12.9. The van der Waals surface area contributed by atoms with Gasteiger partial charge in [-0.1, -0.05) is 51.1 Å². The molecule has 2 heterocycles. The summed E-state index contributed by atoms with van der Waals surface area (Å²) in [5.74, 6) is 1.12. The lowest BCUT2D eigenvalue weighted by Crippen LogP contribution is -2.31. The van der Waals surface area contributed by atoms with Crippen LogP contribution in [-0.4, -0.2) is 28.8 Å². The molecule has 5 heteroatoms. The zero-order chi connectivity index (χ0) is 19.1. The van der Waals surface area contributed by atoms with Crippen molar-refractivity contribution in [2.75, 3.05) is 18.4 Å². The van der Waals surface area contributed by atoms with Gasteiger partial charge in [-0.25, -0.2) is 4.68 Å². The minimum atomic E-state index is -0.0583. The average Bonchev–Trinajstić information content (AvgIpc) is 3.17. The summed E-state index contributed by atoms with van der Waals surface area (Å²) >= 11 is 0. The molecule has 1 aromatic heterocycles. The lowest BCUT2D eigenvalue weighted by atomic mass is 9.91. The molecule has 2 N–H and O–H groups in total. The molecule has 1 aliphatic carbocycles. The fourth-order valence-corrected chi connectivity index (χ4v) is 4.17. The largest absolute Gasteiger partial charge is 0.317 e. The third kappa shape index (κ3) is 3.79. The van der Waals surface area contributed by atoms with Crippen LogP contribution in [0.25, 0.3) is 0 Å². The zero-order valence-corrected chi connectivity index (χ0v) is 16.6. The summed E-state index contributed by atoms with van der Waals surface area (Å²) in [5, 5.41) is 11.4. The van der Waals surface area contributed by atoms with Crippen LogP contribution in [0.4, 0.5) is 5.82 Å². The van der Waals surface area contributed by atoms with Crippen LogP contribution in [0.5, 0.6) is 0 Å². The van der Waals surface area contributed by atoms with Crippen molar-refractivity contribution in [2.24, 2.45) is 11.3 Å². The lowest BCUT2D eigenvalue weighted by molar-refractivity contribution is -0.118. The van der Waals surface area contributed by atoms with Crippen LogP contribution < -0.4 is 10.6 Å². The summed E-state index contributed by atoms with van der Waals surface area (Å²) in [7, 11) is 0. The highest BCUT2D eigenvalue weighted by Gasteiger charge is 2.57. The van der Waals surface area contributed by atoms with Crippen molar-refractivity contribution < 1.29 is 4.79 Å². The van der Waals surface area contributed by atoms with E-state index >= 15 is 0 Å². The normalized spacial score (nSPS) is 21.2. The Balaban J connectivity index is 1.54. The Morgan fingerprint density at radius 1 is 1.26 bits per heavy atom. The van der Waals surface area contributed by atoms with E-state index in [9.17, 15) is 4.79 Å². The second-order valence-corrected chi connectivity index (χ2v) is 9.17. The Kier molecular flexibility index (Phi) is 4.58. The molecule has 144 valence electrons. The molecule has 2 aromatic rings. The minimum Gasteiger partial charge on any atom is -0.317 e. The Hall–Kier alpha value is -2.14. The molecule has 1 saturated carbocycles. The molecule has 1 amide bonds. The topological polar surface area (TPSA) is 59.0 Å². The first-order chi connectivity index (χ1) is 12.9. The number of nitrogens with one attached hydrogen (secondary N) is 2. The van der Waals surface area contributed by atoms with E-state index in [1.165, 1.54) is 5.56 Å². The number of carbonyl (C=O) groups excluding carboxylic acids is 1. The van der Waals surface area contributed by atoms with E-state index in [0.717, 1.165) is 43.9 Å². The zero-order valence-electron chi connectivity index (χ0n) is 16.6. The number of nitrogens with zero attached hydrogens (tertiary/aromatic N) is 2. The van der Waals surface area contributed by atoms with Crippen LogP contribution in [0.1, 0.15) is 51.3 Å². The second kappa shape index (κ2) is 6.79. The number of amides is 1. The van der Waals surface area contributed by atoms with Gasteiger partial charge < -0.3 is 10.6 Å². The fraction of sp³-hybridized carbons (Fsp3) is 0.545. The summed E-state index contributed by atoms with van der Waals surface area (Å²) in [5.41, 5.74) is 2.36. The van der Waals surface area contributed by atoms with E-state index < -0.39 is 0 Å². The standard InChI is InChI=1S/C22H30N4O/c1-21(2,3)18-13-19(26(25-18)15-16-7-5-4-6-8-16)24-20(27)17-14-22(17)9-11-23-12-10-22/h4-8,13,17,23H,9-12,14-15H2,1-3H3,(H,24,27). The molecule has 0 radical (unpaired) electrons. The molecule has 2 aliphatic rings. The highest BCUT2D eigenvalue weighted by molar-refractivity contribution is 5.94. The first kappa shape index (κ1) is 18.2. The quantitative estimate of drug-likeness (QED) is 0.870. The van der Waals surface area contributed by atoms with Gasteiger partial charge in [0.15, 0.2) is 0 Å². The SMILES string of the molecule is CC(C)(C)c1cc(NC(=O)C2CC23CCNCC3)n(Cc2ccccc2)n1. The van der Waals surface area contributed by atoms with Gasteiger partial charge in [0.1, 0.15) is 5.82 Å². The first-order valence-corrected chi connectivity index (χ1v) is 10.0. The smallest absolute Gasteiger partial charge is 0.229 e. The molecule has 1 aromatic carbocycles. The van der Waals surface area contributed by atoms with Crippen LogP contribution in [-0.2, 0) is 16.8 Å². The molecule has 27 heavy (non-hydrogen) atoms. The van der Waals surface area contributed by atoms with Crippen molar-refractivity contribution in [3.8, 4) is 0 Å². The van der Waals surface area contributed by atoms with E-state index in [0.29, 0.717) is 6.54 Å². The Labute approximate surface area is 161 Å². The van der Waals surface area contributed by atoms with Crippen LogP contribution in [0.3, 0.4) is 0 Å². The van der Waals surface area contributed by atoms with E-state index in [1.54, 1.807) is 0 Å². The maximum Gasteiger partial charge on any atom is 0.229 e. The molecule has 1 aliphatic heterocycles. The Bertz CT molecular complexity index is 813. The van der Waals surface area contributed by atoms with Crippen molar-refractivity contribution in [1.29, 1.82) is 0 Å². The van der Waals surface area contributed by atoms with E-state index in [1.807, 2.05) is 28.9 Å². The first-order valence-electron chi connectivity index (χ1n) is 10.0. The van der Waals surface area contributed by atoms with E-state index in [2.05, 4.69) is 43.5 Å². The third-order valence-electron chi connectivity index (χ3n) is 6.08. The third-order valence-corrected chi connectivity index (χ3v) is 6.08. The minimum absolute atomic E-state index is 0.0583. The van der Waals surface area contributed by atoms with Crippen LogP contribution in [0.15, 0.2) is 36.4 Å². The number of benzene rings is 1. The molecule has 1 unspecified atom stereocenters. The maximum absolute atomic E-state index is 12.9. The molecule has 1 saturated heterocycles. The van der Waals surface area contributed by atoms with Crippen molar-refractivity contribution in [3.63, 3.8) is 0 Å². The molecule has 4 rings (SSSR count). The number of hydrogen-bond acceptors (Lipinski definition) is 3.